The molecule has 84 valence electrons. The fourth-order valence-electron chi connectivity index (χ4n) is 1.13. The molecule has 1 heterocycles. The Kier molecular flexibility index (Phi) is 4.49. The van der Waals surface area contributed by atoms with Crippen LogP contribution in [0.4, 0.5) is 0 Å². The Morgan fingerprint density at radius 2 is 2.20 bits per heavy atom. The van der Waals surface area contributed by atoms with Gasteiger partial charge in [-0.3, -0.25) is 0 Å². The highest BCUT2D eigenvalue weighted by molar-refractivity contribution is 5.17. The van der Waals surface area contributed by atoms with Crippen LogP contribution in [0.1, 0.15) is 31.5 Å². The summed E-state index contributed by atoms with van der Waals surface area (Å²) in [5.74, 6) is 0.634. The zero-order valence-electron chi connectivity index (χ0n) is 9.66. The fraction of sp³-hybridized carbons (Fsp3) is 0.636. The van der Waals surface area contributed by atoms with Crippen molar-refractivity contribution in [1.82, 2.24) is 9.97 Å². The molecule has 4 heteroatoms. The molecule has 2 N–H and O–H groups in total. The zero-order valence-corrected chi connectivity index (χ0v) is 9.66. The number of nitrogens with two attached hydrogens (primary N) is 1. The summed E-state index contributed by atoms with van der Waals surface area (Å²) in [6, 6.07) is 0.449. The number of aromatic nitrogens is 2. The predicted molar refractivity (Wildman–Crippen MR) is 59.6 cm³/mol. The molecule has 0 bridgehead atoms. The fourth-order valence-corrected chi connectivity index (χ4v) is 1.13. The van der Waals surface area contributed by atoms with Crippen molar-refractivity contribution in [3.8, 4) is 6.01 Å². The summed E-state index contributed by atoms with van der Waals surface area (Å²) in [5.41, 5.74) is 7.38. The number of rotatable bonds is 5. The third-order valence-electron chi connectivity index (χ3n) is 2.21. The van der Waals surface area contributed by atoms with Crippen LogP contribution in [0.25, 0.3) is 0 Å². The maximum atomic E-state index is 5.52. The minimum atomic E-state index is 0.449. The Morgan fingerprint density at radius 3 is 2.73 bits per heavy atom. The van der Waals surface area contributed by atoms with E-state index in [9.17, 15) is 0 Å². The molecule has 0 aliphatic rings. The van der Waals surface area contributed by atoms with E-state index >= 15 is 0 Å². The van der Waals surface area contributed by atoms with Gasteiger partial charge < -0.3 is 10.5 Å². The predicted octanol–water partition coefficient (Wildman–Crippen LogP) is 1.67. The first-order valence-corrected chi connectivity index (χ1v) is 5.29. The average Bonchev–Trinajstić information content (AvgIpc) is 2.17. The van der Waals surface area contributed by atoms with Crippen LogP contribution in [0, 0.1) is 12.8 Å². The molecule has 0 spiro atoms. The molecule has 0 unspecified atom stereocenters. The Balaban J connectivity index is 2.52. The number of ether oxygens (including phenoxy) is 1. The SMILES string of the molecule is Cc1nc(OCCC(C)C)ncc1CN. The van der Waals surface area contributed by atoms with E-state index in [1.165, 1.54) is 0 Å². The summed E-state index contributed by atoms with van der Waals surface area (Å²) < 4.78 is 5.43. The normalized spacial score (nSPS) is 10.7. The van der Waals surface area contributed by atoms with E-state index in [1.807, 2.05) is 6.92 Å². The van der Waals surface area contributed by atoms with Gasteiger partial charge in [-0.1, -0.05) is 13.8 Å². The molecule has 0 aliphatic heterocycles. The van der Waals surface area contributed by atoms with Gasteiger partial charge >= 0.3 is 6.01 Å². The number of nitrogens with zero attached hydrogens (tertiary/aromatic N) is 2. The van der Waals surface area contributed by atoms with Crippen molar-refractivity contribution >= 4 is 0 Å². The lowest BCUT2D eigenvalue weighted by Gasteiger charge is -2.08. The van der Waals surface area contributed by atoms with Crippen molar-refractivity contribution in [1.29, 1.82) is 0 Å². The first-order valence-electron chi connectivity index (χ1n) is 5.29. The first kappa shape index (κ1) is 11.9. The van der Waals surface area contributed by atoms with Crippen molar-refractivity contribution in [3.05, 3.63) is 17.5 Å². The maximum Gasteiger partial charge on any atom is 0.316 e. The van der Waals surface area contributed by atoms with E-state index in [-0.39, 0.29) is 0 Å². The molecule has 1 aromatic rings. The van der Waals surface area contributed by atoms with E-state index in [2.05, 4.69) is 23.8 Å². The van der Waals surface area contributed by atoms with Gasteiger partial charge in [-0.15, -0.1) is 0 Å². The van der Waals surface area contributed by atoms with Crippen LogP contribution in [-0.2, 0) is 6.54 Å². The summed E-state index contributed by atoms with van der Waals surface area (Å²) in [7, 11) is 0. The van der Waals surface area contributed by atoms with Gasteiger partial charge in [-0.05, 0) is 19.3 Å². The maximum absolute atomic E-state index is 5.52. The minimum absolute atomic E-state index is 0.449. The van der Waals surface area contributed by atoms with Gasteiger partial charge in [0.15, 0.2) is 0 Å². The van der Waals surface area contributed by atoms with E-state index in [0.717, 1.165) is 17.7 Å². The summed E-state index contributed by atoms with van der Waals surface area (Å²) in [4.78, 5) is 8.32. The van der Waals surface area contributed by atoms with Crippen molar-refractivity contribution in [3.63, 3.8) is 0 Å². The Bertz CT molecular complexity index is 313. The molecule has 4 nitrogen and oxygen atoms in total. The van der Waals surface area contributed by atoms with Crippen LogP contribution in [0.5, 0.6) is 6.01 Å². The van der Waals surface area contributed by atoms with Crippen LogP contribution in [-0.4, -0.2) is 16.6 Å². The topological polar surface area (TPSA) is 61.0 Å². The van der Waals surface area contributed by atoms with E-state index in [4.69, 9.17) is 10.5 Å². The minimum Gasteiger partial charge on any atom is -0.463 e. The summed E-state index contributed by atoms with van der Waals surface area (Å²) in [6.45, 7) is 7.37. The quantitative estimate of drug-likeness (QED) is 0.801. The Morgan fingerprint density at radius 1 is 1.47 bits per heavy atom. The molecular formula is C11H19N3O. The Labute approximate surface area is 90.9 Å². The molecule has 0 amide bonds. The van der Waals surface area contributed by atoms with E-state index < -0.39 is 0 Å². The number of aryl methyl sites for hydroxylation is 1. The first-order chi connectivity index (χ1) is 7.13. The second-order valence-electron chi connectivity index (χ2n) is 4.00. The van der Waals surface area contributed by atoms with E-state index in [0.29, 0.717) is 25.1 Å². The van der Waals surface area contributed by atoms with Crippen molar-refractivity contribution in [2.45, 2.75) is 33.7 Å². The van der Waals surface area contributed by atoms with Crippen molar-refractivity contribution < 1.29 is 4.74 Å². The van der Waals surface area contributed by atoms with Gasteiger partial charge in [0.25, 0.3) is 0 Å². The monoisotopic (exact) mass is 209 g/mol. The van der Waals surface area contributed by atoms with Crippen LogP contribution in [0.3, 0.4) is 0 Å². The molecular weight excluding hydrogens is 190 g/mol. The van der Waals surface area contributed by atoms with Crippen LogP contribution >= 0.6 is 0 Å². The molecule has 15 heavy (non-hydrogen) atoms. The van der Waals surface area contributed by atoms with E-state index in [1.54, 1.807) is 6.20 Å². The third kappa shape index (κ3) is 3.83. The lowest BCUT2D eigenvalue weighted by molar-refractivity contribution is 0.267. The largest absolute Gasteiger partial charge is 0.463 e. The van der Waals surface area contributed by atoms with Gasteiger partial charge in [-0.2, -0.15) is 0 Å². The van der Waals surface area contributed by atoms with Gasteiger partial charge in [0, 0.05) is 24.0 Å². The van der Waals surface area contributed by atoms with Gasteiger partial charge in [0.05, 0.1) is 6.61 Å². The van der Waals surface area contributed by atoms with Gasteiger partial charge in [0.2, 0.25) is 0 Å². The molecule has 0 aliphatic carbocycles. The molecule has 0 atom stereocenters. The van der Waals surface area contributed by atoms with Gasteiger partial charge in [0.1, 0.15) is 0 Å². The number of hydrogen-bond acceptors (Lipinski definition) is 4. The molecule has 0 fully saturated rings. The Hall–Kier alpha value is -1.16. The lowest BCUT2D eigenvalue weighted by Crippen LogP contribution is -2.07. The molecule has 1 rings (SSSR count). The molecule has 0 saturated carbocycles. The standard InChI is InChI=1S/C11H19N3O/c1-8(2)4-5-15-11-13-7-10(6-12)9(3)14-11/h7-8H,4-6,12H2,1-3H3. The molecule has 1 aromatic heterocycles. The summed E-state index contributed by atoms with van der Waals surface area (Å²) in [5, 5.41) is 0. The molecule has 0 radical (unpaired) electrons. The summed E-state index contributed by atoms with van der Waals surface area (Å²) in [6.07, 6.45) is 2.74. The second-order valence-corrected chi connectivity index (χ2v) is 4.00. The second kappa shape index (κ2) is 5.66. The van der Waals surface area contributed by atoms with Crippen LogP contribution in [0.2, 0.25) is 0 Å². The smallest absolute Gasteiger partial charge is 0.316 e. The van der Waals surface area contributed by atoms with Crippen molar-refractivity contribution in [2.24, 2.45) is 11.7 Å². The highest BCUT2D eigenvalue weighted by Crippen LogP contribution is 2.09. The highest BCUT2D eigenvalue weighted by Gasteiger charge is 2.03. The third-order valence-corrected chi connectivity index (χ3v) is 2.21. The molecule has 0 aromatic carbocycles. The number of hydrogen-bond donors (Lipinski definition) is 1. The average molecular weight is 209 g/mol. The lowest BCUT2D eigenvalue weighted by atomic mass is 10.1. The molecule has 0 saturated heterocycles. The highest BCUT2D eigenvalue weighted by atomic mass is 16.5. The van der Waals surface area contributed by atoms with Crippen LogP contribution in [0.15, 0.2) is 6.20 Å². The van der Waals surface area contributed by atoms with Crippen molar-refractivity contribution in [2.75, 3.05) is 6.61 Å². The zero-order chi connectivity index (χ0) is 11.3. The van der Waals surface area contributed by atoms with Crippen LogP contribution < -0.4 is 10.5 Å². The summed E-state index contributed by atoms with van der Waals surface area (Å²) >= 11 is 0. The van der Waals surface area contributed by atoms with Gasteiger partial charge in [-0.25, -0.2) is 9.97 Å².